The van der Waals surface area contributed by atoms with E-state index in [1.165, 1.54) is 12.1 Å². The largest absolute Gasteiger partial charge is 0.489 e. The Balaban J connectivity index is 1.65. The van der Waals surface area contributed by atoms with Crippen LogP contribution in [0.25, 0.3) is 11.1 Å². The molecule has 7 heteroatoms. The van der Waals surface area contributed by atoms with E-state index >= 15 is 0 Å². The van der Waals surface area contributed by atoms with E-state index in [9.17, 15) is 18.0 Å². The van der Waals surface area contributed by atoms with Crippen molar-refractivity contribution in [2.24, 2.45) is 0 Å². The van der Waals surface area contributed by atoms with Crippen molar-refractivity contribution in [2.45, 2.75) is 32.0 Å². The molecular formula is C26H25F3O4. The summed E-state index contributed by atoms with van der Waals surface area (Å²) < 4.78 is 49.6. The van der Waals surface area contributed by atoms with Gasteiger partial charge in [-0.15, -0.1) is 0 Å². The van der Waals surface area contributed by atoms with Gasteiger partial charge in [-0.25, -0.2) is 0 Å². The Labute approximate surface area is 190 Å². The van der Waals surface area contributed by atoms with Gasteiger partial charge in [0.2, 0.25) is 0 Å². The monoisotopic (exact) mass is 458 g/mol. The molecule has 0 aromatic heterocycles. The molecule has 1 unspecified atom stereocenters. The third kappa shape index (κ3) is 7.08. The van der Waals surface area contributed by atoms with Crippen LogP contribution in [0.1, 0.15) is 36.0 Å². The minimum absolute atomic E-state index is 0.0169. The lowest BCUT2D eigenvalue weighted by Crippen LogP contribution is -2.12. The standard InChI is InChI=1S/C26H25F3O4/c1-2-32-17-22(15-25(30)31)20-8-12-24(13-9-20)33-16-18-4-3-5-21(14-18)19-6-10-23(11-7-19)26(27,28)29/h3-14,22H,2,15-17H2,1H3,(H,30,31). The zero-order valence-electron chi connectivity index (χ0n) is 18.1. The third-order valence-electron chi connectivity index (χ3n) is 5.17. The van der Waals surface area contributed by atoms with E-state index in [4.69, 9.17) is 14.6 Å². The fraction of sp³-hybridized carbons (Fsp3) is 0.269. The molecular weight excluding hydrogens is 433 g/mol. The molecule has 0 radical (unpaired) electrons. The van der Waals surface area contributed by atoms with Gasteiger partial charge in [-0.3, -0.25) is 4.79 Å². The first-order valence-electron chi connectivity index (χ1n) is 10.5. The first-order valence-corrected chi connectivity index (χ1v) is 10.5. The highest BCUT2D eigenvalue weighted by atomic mass is 19.4. The zero-order valence-corrected chi connectivity index (χ0v) is 18.1. The minimum atomic E-state index is -4.36. The van der Waals surface area contributed by atoms with Gasteiger partial charge < -0.3 is 14.6 Å². The molecule has 1 atom stereocenters. The van der Waals surface area contributed by atoms with Crippen molar-refractivity contribution in [1.29, 1.82) is 0 Å². The molecule has 0 fully saturated rings. The fourth-order valence-corrected chi connectivity index (χ4v) is 3.44. The highest BCUT2D eigenvalue weighted by Crippen LogP contribution is 2.31. The van der Waals surface area contributed by atoms with Crippen LogP contribution in [0.4, 0.5) is 13.2 Å². The molecule has 0 aliphatic heterocycles. The number of aliphatic carboxylic acids is 1. The average molecular weight is 458 g/mol. The van der Waals surface area contributed by atoms with E-state index in [1.807, 2.05) is 43.3 Å². The van der Waals surface area contributed by atoms with Crippen molar-refractivity contribution in [2.75, 3.05) is 13.2 Å². The number of ether oxygens (including phenoxy) is 2. The highest BCUT2D eigenvalue weighted by molar-refractivity contribution is 5.68. The number of hydrogen-bond acceptors (Lipinski definition) is 3. The van der Waals surface area contributed by atoms with Crippen molar-refractivity contribution in [3.8, 4) is 16.9 Å². The molecule has 3 aromatic carbocycles. The molecule has 0 aliphatic rings. The van der Waals surface area contributed by atoms with Gasteiger partial charge in [0, 0.05) is 12.5 Å². The van der Waals surface area contributed by atoms with Gasteiger partial charge in [-0.05, 0) is 59.5 Å². The van der Waals surface area contributed by atoms with E-state index < -0.39 is 17.7 Å². The maximum Gasteiger partial charge on any atom is 0.416 e. The van der Waals surface area contributed by atoms with Crippen molar-refractivity contribution in [3.05, 3.63) is 89.5 Å². The van der Waals surface area contributed by atoms with Gasteiger partial charge in [0.05, 0.1) is 18.6 Å². The number of carbonyl (C=O) groups is 1. The van der Waals surface area contributed by atoms with Crippen LogP contribution in [0, 0.1) is 0 Å². The van der Waals surface area contributed by atoms with E-state index in [0.717, 1.165) is 28.8 Å². The number of halogens is 3. The number of alkyl halides is 3. The second kappa shape index (κ2) is 11.0. The van der Waals surface area contributed by atoms with Crippen LogP contribution in [-0.4, -0.2) is 24.3 Å². The summed E-state index contributed by atoms with van der Waals surface area (Å²) in [6.45, 7) is 3.00. The first-order chi connectivity index (χ1) is 15.8. The molecule has 0 spiro atoms. The quantitative estimate of drug-likeness (QED) is 0.375. The van der Waals surface area contributed by atoms with Crippen LogP contribution in [-0.2, 0) is 22.3 Å². The molecule has 0 saturated carbocycles. The minimum Gasteiger partial charge on any atom is -0.489 e. The maximum absolute atomic E-state index is 12.8. The molecule has 4 nitrogen and oxygen atoms in total. The van der Waals surface area contributed by atoms with Crippen molar-refractivity contribution >= 4 is 5.97 Å². The smallest absolute Gasteiger partial charge is 0.416 e. The average Bonchev–Trinajstić information content (AvgIpc) is 2.80. The van der Waals surface area contributed by atoms with Gasteiger partial charge in [0.1, 0.15) is 12.4 Å². The summed E-state index contributed by atoms with van der Waals surface area (Å²) in [6, 6.07) is 19.7. The number of carboxylic acids is 1. The summed E-state index contributed by atoms with van der Waals surface area (Å²) in [7, 11) is 0. The Morgan fingerprint density at radius 2 is 1.67 bits per heavy atom. The van der Waals surface area contributed by atoms with Gasteiger partial charge >= 0.3 is 12.1 Å². The molecule has 3 rings (SSSR count). The second-order valence-electron chi connectivity index (χ2n) is 7.59. The Kier molecular flexibility index (Phi) is 8.11. The first kappa shape index (κ1) is 24.3. The predicted molar refractivity (Wildman–Crippen MR) is 119 cm³/mol. The Bertz CT molecular complexity index is 1040. The summed E-state index contributed by atoms with van der Waals surface area (Å²) in [5.74, 6) is -0.492. The van der Waals surface area contributed by atoms with Gasteiger partial charge in [0.25, 0.3) is 0 Å². The summed E-state index contributed by atoms with van der Waals surface area (Å²) in [4.78, 5) is 11.1. The molecule has 0 saturated heterocycles. The number of hydrogen-bond donors (Lipinski definition) is 1. The fourth-order valence-electron chi connectivity index (χ4n) is 3.44. The summed E-state index contributed by atoms with van der Waals surface area (Å²) in [5.41, 5.74) is 2.54. The lowest BCUT2D eigenvalue weighted by atomic mass is 9.96. The van der Waals surface area contributed by atoms with Crippen LogP contribution in [0.15, 0.2) is 72.8 Å². The lowest BCUT2D eigenvalue weighted by Gasteiger charge is -2.16. The zero-order chi connectivity index (χ0) is 23.8. The van der Waals surface area contributed by atoms with Crippen LogP contribution >= 0.6 is 0 Å². The number of benzene rings is 3. The molecule has 3 aromatic rings. The molecule has 33 heavy (non-hydrogen) atoms. The SMILES string of the molecule is CCOCC(CC(=O)O)c1ccc(OCc2cccc(-c3ccc(C(F)(F)F)cc3)c2)cc1. The predicted octanol–water partition coefficient (Wildman–Crippen LogP) is 6.55. The maximum atomic E-state index is 12.8. The number of rotatable bonds is 10. The van der Waals surface area contributed by atoms with Crippen molar-refractivity contribution < 1.29 is 32.5 Å². The third-order valence-corrected chi connectivity index (χ3v) is 5.17. The van der Waals surface area contributed by atoms with Crippen molar-refractivity contribution in [1.82, 2.24) is 0 Å². The highest BCUT2D eigenvalue weighted by Gasteiger charge is 2.29. The van der Waals surface area contributed by atoms with Crippen LogP contribution < -0.4 is 4.74 Å². The molecule has 0 heterocycles. The van der Waals surface area contributed by atoms with E-state index in [0.29, 0.717) is 24.5 Å². The summed E-state index contributed by atoms with van der Waals surface area (Å²) in [5, 5.41) is 9.13. The van der Waals surface area contributed by atoms with Crippen molar-refractivity contribution in [3.63, 3.8) is 0 Å². The second-order valence-corrected chi connectivity index (χ2v) is 7.59. The van der Waals surface area contributed by atoms with Gasteiger partial charge in [-0.1, -0.05) is 42.5 Å². The van der Waals surface area contributed by atoms with Crippen LogP contribution in [0.3, 0.4) is 0 Å². The Morgan fingerprint density at radius 1 is 0.970 bits per heavy atom. The molecule has 0 aliphatic carbocycles. The lowest BCUT2D eigenvalue weighted by molar-refractivity contribution is -0.138. The number of carboxylic acid groups (broad SMARTS) is 1. The topological polar surface area (TPSA) is 55.8 Å². The molecule has 0 bridgehead atoms. The van der Waals surface area contributed by atoms with E-state index in [1.54, 1.807) is 12.1 Å². The molecule has 1 N–H and O–H groups in total. The van der Waals surface area contributed by atoms with Crippen LogP contribution in [0.5, 0.6) is 5.75 Å². The van der Waals surface area contributed by atoms with Gasteiger partial charge in [-0.2, -0.15) is 13.2 Å². The molecule has 0 amide bonds. The summed E-state index contributed by atoms with van der Waals surface area (Å²) in [6.07, 6.45) is -4.38. The van der Waals surface area contributed by atoms with Gasteiger partial charge in [0.15, 0.2) is 0 Å². The normalized spacial score (nSPS) is 12.4. The Morgan fingerprint density at radius 3 is 2.27 bits per heavy atom. The summed E-state index contributed by atoms with van der Waals surface area (Å²) >= 11 is 0. The Hall–Kier alpha value is -3.32. The molecule has 174 valence electrons. The van der Waals surface area contributed by atoms with Crippen LogP contribution in [0.2, 0.25) is 0 Å². The van der Waals surface area contributed by atoms with E-state index in [2.05, 4.69) is 0 Å². The van der Waals surface area contributed by atoms with E-state index in [-0.39, 0.29) is 18.9 Å².